The molecule has 3 heteroatoms. The number of fused-ring (bicyclic) bond motifs is 1. The zero-order chi connectivity index (χ0) is 11.5. The Labute approximate surface area is 96.1 Å². The van der Waals surface area contributed by atoms with E-state index >= 15 is 0 Å². The third-order valence-electron chi connectivity index (χ3n) is 3.44. The van der Waals surface area contributed by atoms with Crippen LogP contribution >= 0.6 is 0 Å². The Morgan fingerprint density at radius 1 is 1.12 bits per heavy atom. The maximum atomic E-state index is 11.0. The maximum absolute atomic E-state index is 11.0. The maximum Gasteiger partial charge on any atom is 0.303 e. The third kappa shape index (κ3) is 2.19. The lowest BCUT2D eigenvalue weighted by Gasteiger charge is -2.39. The Bertz CT molecular complexity index is 319. The highest BCUT2D eigenvalue weighted by Gasteiger charge is 2.38. The summed E-state index contributed by atoms with van der Waals surface area (Å²) in [6.45, 7) is 1.46. The lowest BCUT2D eigenvalue weighted by molar-refractivity contribution is -0.148. The van der Waals surface area contributed by atoms with Crippen molar-refractivity contribution in [3.8, 4) is 0 Å². The summed E-state index contributed by atoms with van der Waals surface area (Å²) >= 11 is 0. The van der Waals surface area contributed by atoms with Gasteiger partial charge in [-0.15, -0.1) is 0 Å². The summed E-state index contributed by atoms with van der Waals surface area (Å²) in [5.74, 6) is 0.590. The Hall–Kier alpha value is -1.09. The normalized spacial score (nSPS) is 36.9. The first-order chi connectivity index (χ1) is 7.72. The van der Waals surface area contributed by atoms with E-state index in [4.69, 9.17) is 9.47 Å². The molecule has 0 aliphatic heterocycles. The van der Waals surface area contributed by atoms with Crippen molar-refractivity contribution in [1.29, 1.82) is 0 Å². The van der Waals surface area contributed by atoms with Crippen molar-refractivity contribution in [2.45, 2.75) is 32.0 Å². The molecule has 0 aromatic carbocycles. The van der Waals surface area contributed by atoms with E-state index in [0.29, 0.717) is 11.8 Å². The molecule has 0 aromatic rings. The van der Waals surface area contributed by atoms with Gasteiger partial charge in [-0.1, -0.05) is 18.2 Å². The van der Waals surface area contributed by atoms with Crippen LogP contribution in [0.4, 0.5) is 0 Å². The predicted molar refractivity (Wildman–Crippen MR) is 60.8 cm³/mol. The van der Waals surface area contributed by atoms with Gasteiger partial charge < -0.3 is 9.47 Å². The first-order valence-corrected chi connectivity index (χ1v) is 5.75. The Morgan fingerprint density at radius 3 is 2.25 bits per heavy atom. The van der Waals surface area contributed by atoms with Crippen molar-refractivity contribution in [2.24, 2.45) is 11.8 Å². The van der Waals surface area contributed by atoms with Crippen molar-refractivity contribution in [3.63, 3.8) is 0 Å². The highest BCUT2D eigenvalue weighted by Crippen LogP contribution is 2.37. The molecule has 0 bridgehead atoms. The third-order valence-corrected chi connectivity index (χ3v) is 3.44. The number of hydrogen-bond acceptors (Lipinski definition) is 3. The summed E-state index contributed by atoms with van der Waals surface area (Å²) in [6.07, 6.45) is 10.4. The average molecular weight is 222 g/mol. The van der Waals surface area contributed by atoms with Gasteiger partial charge in [-0.25, -0.2) is 0 Å². The van der Waals surface area contributed by atoms with Gasteiger partial charge in [-0.05, 0) is 24.8 Å². The van der Waals surface area contributed by atoms with Gasteiger partial charge in [0.15, 0.2) is 0 Å². The predicted octanol–water partition coefficient (Wildman–Crippen LogP) is 2.09. The SMILES string of the molecule is COC1C=CC(OC(C)=O)C2CC=CCC12. The molecule has 16 heavy (non-hydrogen) atoms. The highest BCUT2D eigenvalue weighted by atomic mass is 16.5. The van der Waals surface area contributed by atoms with Crippen LogP contribution in [0.25, 0.3) is 0 Å². The fraction of sp³-hybridized carbons (Fsp3) is 0.615. The zero-order valence-corrected chi connectivity index (χ0v) is 9.76. The smallest absolute Gasteiger partial charge is 0.303 e. The molecular formula is C13H18O3. The van der Waals surface area contributed by atoms with Crippen molar-refractivity contribution >= 4 is 5.97 Å². The minimum absolute atomic E-state index is 0.0844. The number of rotatable bonds is 2. The molecule has 0 saturated carbocycles. The standard InChI is InChI=1S/C13H18O3/c1-9(14)16-13-8-7-12(15-2)10-5-3-4-6-11(10)13/h3-4,7-8,10-13H,5-6H2,1-2H3. The second kappa shape index (κ2) is 4.83. The molecule has 3 nitrogen and oxygen atoms in total. The second-order valence-corrected chi connectivity index (χ2v) is 4.43. The summed E-state index contributed by atoms with van der Waals surface area (Å²) in [5, 5.41) is 0. The van der Waals surface area contributed by atoms with Gasteiger partial charge in [0, 0.05) is 20.0 Å². The molecule has 0 fully saturated rings. The van der Waals surface area contributed by atoms with E-state index in [1.165, 1.54) is 6.92 Å². The quantitative estimate of drug-likeness (QED) is 0.530. The molecule has 0 N–H and O–H groups in total. The van der Waals surface area contributed by atoms with E-state index in [2.05, 4.69) is 12.2 Å². The molecule has 2 aliphatic carbocycles. The minimum Gasteiger partial charge on any atom is -0.458 e. The molecule has 0 radical (unpaired) electrons. The van der Waals surface area contributed by atoms with Gasteiger partial charge >= 0.3 is 5.97 Å². The molecule has 0 heterocycles. The lowest BCUT2D eigenvalue weighted by Crippen LogP contribution is -2.41. The molecular weight excluding hydrogens is 204 g/mol. The van der Waals surface area contributed by atoms with Gasteiger partial charge in [0.2, 0.25) is 0 Å². The van der Waals surface area contributed by atoms with Crippen LogP contribution in [0.2, 0.25) is 0 Å². The van der Waals surface area contributed by atoms with Crippen LogP contribution in [0.15, 0.2) is 24.3 Å². The Kier molecular flexibility index (Phi) is 3.44. The van der Waals surface area contributed by atoms with Gasteiger partial charge in [-0.3, -0.25) is 4.79 Å². The number of allylic oxidation sites excluding steroid dienone is 2. The topological polar surface area (TPSA) is 35.5 Å². The number of esters is 1. The van der Waals surface area contributed by atoms with Crippen LogP contribution in [0.1, 0.15) is 19.8 Å². The van der Waals surface area contributed by atoms with Crippen LogP contribution in [-0.2, 0) is 14.3 Å². The van der Waals surface area contributed by atoms with Crippen LogP contribution in [0.5, 0.6) is 0 Å². The van der Waals surface area contributed by atoms with E-state index in [9.17, 15) is 4.79 Å². The summed E-state index contributed by atoms with van der Waals surface area (Å²) < 4.78 is 10.8. The van der Waals surface area contributed by atoms with Crippen molar-refractivity contribution in [2.75, 3.05) is 7.11 Å². The fourth-order valence-electron chi connectivity index (χ4n) is 2.69. The molecule has 0 amide bonds. The number of carbonyl (C=O) groups is 1. The molecule has 0 aromatic heterocycles. The van der Waals surface area contributed by atoms with Crippen molar-refractivity contribution < 1.29 is 14.3 Å². The monoisotopic (exact) mass is 222 g/mol. The fourth-order valence-corrected chi connectivity index (χ4v) is 2.69. The van der Waals surface area contributed by atoms with E-state index in [-0.39, 0.29) is 18.2 Å². The van der Waals surface area contributed by atoms with E-state index in [1.807, 2.05) is 12.2 Å². The van der Waals surface area contributed by atoms with Crippen LogP contribution in [0.3, 0.4) is 0 Å². The Morgan fingerprint density at radius 2 is 1.69 bits per heavy atom. The van der Waals surface area contributed by atoms with Gasteiger partial charge in [0.25, 0.3) is 0 Å². The molecule has 0 saturated heterocycles. The molecule has 4 unspecified atom stereocenters. The van der Waals surface area contributed by atoms with E-state index in [0.717, 1.165) is 12.8 Å². The summed E-state index contributed by atoms with van der Waals surface area (Å²) in [5.41, 5.74) is 0. The zero-order valence-electron chi connectivity index (χ0n) is 9.76. The summed E-state index contributed by atoms with van der Waals surface area (Å²) in [7, 11) is 1.73. The summed E-state index contributed by atoms with van der Waals surface area (Å²) in [4.78, 5) is 11.0. The van der Waals surface area contributed by atoms with Gasteiger partial charge in [-0.2, -0.15) is 0 Å². The molecule has 0 spiro atoms. The molecule has 2 aliphatic rings. The van der Waals surface area contributed by atoms with E-state index < -0.39 is 0 Å². The first-order valence-electron chi connectivity index (χ1n) is 5.75. The largest absolute Gasteiger partial charge is 0.458 e. The van der Waals surface area contributed by atoms with Crippen LogP contribution < -0.4 is 0 Å². The average Bonchev–Trinajstić information content (AvgIpc) is 2.29. The molecule has 4 atom stereocenters. The second-order valence-electron chi connectivity index (χ2n) is 4.43. The van der Waals surface area contributed by atoms with Crippen molar-refractivity contribution in [3.05, 3.63) is 24.3 Å². The molecule has 2 rings (SSSR count). The number of hydrogen-bond donors (Lipinski definition) is 0. The van der Waals surface area contributed by atoms with Gasteiger partial charge in [0.05, 0.1) is 6.10 Å². The lowest BCUT2D eigenvalue weighted by atomic mass is 9.73. The Balaban J connectivity index is 2.16. The van der Waals surface area contributed by atoms with Crippen LogP contribution in [0, 0.1) is 11.8 Å². The van der Waals surface area contributed by atoms with E-state index in [1.54, 1.807) is 7.11 Å². The van der Waals surface area contributed by atoms with Crippen LogP contribution in [-0.4, -0.2) is 25.3 Å². The number of ether oxygens (including phenoxy) is 2. The molecule has 88 valence electrons. The van der Waals surface area contributed by atoms with Gasteiger partial charge in [0.1, 0.15) is 6.10 Å². The minimum atomic E-state index is -0.209. The van der Waals surface area contributed by atoms with Crippen molar-refractivity contribution in [1.82, 2.24) is 0 Å². The number of methoxy groups -OCH3 is 1. The number of carbonyl (C=O) groups excluding carboxylic acids is 1. The first kappa shape index (κ1) is 11.4. The highest BCUT2D eigenvalue weighted by molar-refractivity contribution is 5.66. The summed E-state index contributed by atoms with van der Waals surface area (Å²) in [6, 6.07) is 0.